The van der Waals surface area contributed by atoms with E-state index >= 15 is 0 Å². The minimum absolute atomic E-state index is 0.0855. The molecule has 212 valence electrons. The first-order valence-corrected chi connectivity index (χ1v) is 14.1. The number of hydrogen-bond donors (Lipinski definition) is 2. The lowest BCUT2D eigenvalue weighted by Gasteiger charge is -2.34. The number of aromatic nitrogens is 1. The second-order valence-electron chi connectivity index (χ2n) is 10.1. The summed E-state index contributed by atoms with van der Waals surface area (Å²) in [6.45, 7) is 9.13. The third-order valence-electron chi connectivity index (χ3n) is 6.53. The van der Waals surface area contributed by atoms with E-state index in [0.717, 1.165) is 41.4 Å². The zero-order chi connectivity index (χ0) is 28.4. The maximum absolute atomic E-state index is 13.0. The second kappa shape index (κ2) is 14.5. The highest BCUT2D eigenvalue weighted by atomic mass is 32.1. The number of carbonyl (C=O) groups excluding carboxylic acids is 1. The number of hydrogen-bond acceptors (Lipinski definition) is 6. The Morgan fingerprint density at radius 2 is 1.74 bits per heavy atom. The first kappa shape index (κ1) is 30.6. The van der Waals surface area contributed by atoms with E-state index in [1.54, 1.807) is 17.2 Å². The standard InChI is InChI=1S/C17H23F2N3O2.C9H7NS.C4H10/c1-17(18,19)24-15-10-13(4-5-14(15)20)16(23)22-8-6-21(7-9-22)11-12-2-3-12;11-8-5-1-3-7-4-2-6-10-9(7)8;1-3-4-2/h4-5,10,12H,2-3,6-9,11,20H2,1H3;1-6,11H;3-4H2,1-2H3. The van der Waals surface area contributed by atoms with Crippen molar-refractivity contribution in [2.24, 2.45) is 5.92 Å². The maximum Gasteiger partial charge on any atom is 0.394 e. The van der Waals surface area contributed by atoms with Gasteiger partial charge in [0.05, 0.1) is 11.2 Å². The van der Waals surface area contributed by atoms with Crippen molar-refractivity contribution < 1.29 is 18.3 Å². The van der Waals surface area contributed by atoms with Gasteiger partial charge < -0.3 is 15.4 Å². The predicted octanol–water partition coefficient (Wildman–Crippen LogP) is 6.76. The van der Waals surface area contributed by atoms with Gasteiger partial charge in [0.2, 0.25) is 0 Å². The Hall–Kier alpha value is -2.91. The third-order valence-corrected chi connectivity index (χ3v) is 6.89. The maximum atomic E-state index is 13.0. The number of para-hydroxylation sites is 1. The molecule has 0 radical (unpaired) electrons. The molecule has 0 spiro atoms. The van der Waals surface area contributed by atoms with Crippen LogP contribution in [0.1, 0.15) is 56.8 Å². The van der Waals surface area contributed by atoms with Crippen LogP contribution in [-0.2, 0) is 0 Å². The lowest BCUT2D eigenvalue weighted by molar-refractivity contribution is -0.158. The molecule has 3 aromatic rings. The highest BCUT2D eigenvalue weighted by molar-refractivity contribution is 7.80. The van der Waals surface area contributed by atoms with Crippen LogP contribution in [0.3, 0.4) is 0 Å². The van der Waals surface area contributed by atoms with Crippen LogP contribution in [0.2, 0.25) is 0 Å². The fourth-order valence-corrected chi connectivity index (χ4v) is 4.29. The molecule has 9 heteroatoms. The normalized spacial score (nSPS) is 15.6. The van der Waals surface area contributed by atoms with Crippen LogP contribution in [0, 0.1) is 5.92 Å². The Morgan fingerprint density at radius 1 is 1.08 bits per heavy atom. The van der Waals surface area contributed by atoms with E-state index in [9.17, 15) is 13.6 Å². The fourth-order valence-electron chi connectivity index (χ4n) is 4.02. The molecule has 1 aromatic heterocycles. The van der Waals surface area contributed by atoms with Crippen molar-refractivity contribution in [3.63, 3.8) is 0 Å². The van der Waals surface area contributed by atoms with Crippen LogP contribution < -0.4 is 10.5 Å². The molecule has 2 aromatic carbocycles. The minimum atomic E-state index is -3.34. The first-order chi connectivity index (χ1) is 18.6. The number of thiol groups is 1. The molecule has 1 saturated carbocycles. The van der Waals surface area contributed by atoms with Crippen molar-refractivity contribution in [3.05, 3.63) is 60.3 Å². The average molecular weight is 559 g/mol. The van der Waals surface area contributed by atoms with Gasteiger partial charge in [-0.1, -0.05) is 44.9 Å². The van der Waals surface area contributed by atoms with E-state index in [4.69, 9.17) is 5.73 Å². The summed E-state index contributed by atoms with van der Waals surface area (Å²) in [5, 5.41) is 1.14. The Balaban J connectivity index is 0.000000230. The quantitative estimate of drug-likeness (QED) is 0.258. The molecule has 0 bridgehead atoms. The van der Waals surface area contributed by atoms with Gasteiger partial charge in [0.25, 0.3) is 5.91 Å². The number of alkyl halides is 2. The van der Waals surface area contributed by atoms with Crippen LogP contribution in [0.5, 0.6) is 5.75 Å². The van der Waals surface area contributed by atoms with Gasteiger partial charge in [0.15, 0.2) is 0 Å². The summed E-state index contributed by atoms with van der Waals surface area (Å²) in [6.07, 6.45) is 3.71. The summed E-state index contributed by atoms with van der Waals surface area (Å²) in [5.41, 5.74) is 7.03. The van der Waals surface area contributed by atoms with Crippen LogP contribution in [0.15, 0.2) is 59.6 Å². The summed E-state index contributed by atoms with van der Waals surface area (Å²) in [6, 6.07) is 14.2. The second-order valence-corrected chi connectivity index (χ2v) is 10.5. The number of carbonyl (C=O) groups is 1. The highest BCUT2D eigenvalue weighted by Gasteiger charge is 2.29. The van der Waals surface area contributed by atoms with Crippen molar-refractivity contribution >= 4 is 35.1 Å². The third kappa shape index (κ3) is 9.97. The van der Waals surface area contributed by atoms with Gasteiger partial charge in [-0.2, -0.15) is 8.78 Å². The number of halogens is 2. The number of benzene rings is 2. The number of ether oxygens (including phenoxy) is 1. The van der Waals surface area contributed by atoms with Crippen LogP contribution in [0.25, 0.3) is 10.9 Å². The van der Waals surface area contributed by atoms with Crippen LogP contribution >= 0.6 is 12.6 Å². The molecule has 0 atom stereocenters. The molecule has 1 aliphatic carbocycles. The smallest absolute Gasteiger partial charge is 0.394 e. The van der Waals surface area contributed by atoms with Crippen molar-refractivity contribution in [2.45, 2.75) is 57.5 Å². The number of rotatable bonds is 6. The summed E-state index contributed by atoms with van der Waals surface area (Å²) >= 11 is 4.29. The van der Waals surface area contributed by atoms with Gasteiger partial charge in [0, 0.05) is 61.7 Å². The van der Waals surface area contributed by atoms with Crippen molar-refractivity contribution in [1.29, 1.82) is 0 Å². The van der Waals surface area contributed by atoms with Crippen molar-refractivity contribution in [3.8, 4) is 5.75 Å². The fraction of sp³-hybridized carbons (Fsp3) is 0.467. The number of unbranched alkanes of at least 4 members (excludes halogenated alkanes) is 1. The summed E-state index contributed by atoms with van der Waals surface area (Å²) < 4.78 is 30.6. The van der Waals surface area contributed by atoms with E-state index < -0.39 is 6.11 Å². The molecule has 2 fully saturated rings. The molecule has 6 nitrogen and oxygen atoms in total. The van der Waals surface area contributed by atoms with Crippen molar-refractivity contribution in [2.75, 3.05) is 38.5 Å². The van der Waals surface area contributed by atoms with Gasteiger partial charge in [-0.25, -0.2) is 0 Å². The lowest BCUT2D eigenvalue weighted by atomic mass is 10.1. The molecule has 1 saturated heterocycles. The monoisotopic (exact) mass is 558 g/mol. The number of amides is 1. The Labute approximate surface area is 235 Å². The van der Waals surface area contributed by atoms with Gasteiger partial charge in [0.1, 0.15) is 5.75 Å². The van der Waals surface area contributed by atoms with E-state index in [-0.39, 0.29) is 17.3 Å². The number of piperazine rings is 1. The minimum Gasteiger partial charge on any atom is -0.431 e. The Bertz CT molecular complexity index is 1200. The van der Waals surface area contributed by atoms with Gasteiger partial charge in [-0.05, 0) is 49.1 Å². The van der Waals surface area contributed by atoms with E-state index in [1.807, 2.05) is 30.3 Å². The van der Waals surface area contributed by atoms with Gasteiger partial charge in [-0.15, -0.1) is 12.6 Å². The van der Waals surface area contributed by atoms with Gasteiger partial charge in [-0.3, -0.25) is 14.7 Å². The summed E-state index contributed by atoms with van der Waals surface area (Å²) in [4.78, 5) is 21.9. The summed E-state index contributed by atoms with van der Waals surface area (Å²) in [7, 11) is 0. The van der Waals surface area contributed by atoms with Crippen LogP contribution in [0.4, 0.5) is 14.5 Å². The van der Waals surface area contributed by atoms with Crippen molar-refractivity contribution in [1.82, 2.24) is 14.8 Å². The molecule has 39 heavy (non-hydrogen) atoms. The van der Waals surface area contributed by atoms with E-state index in [2.05, 4.69) is 41.1 Å². The number of pyridine rings is 1. The highest BCUT2D eigenvalue weighted by Crippen LogP contribution is 2.31. The number of fused-ring (bicyclic) bond motifs is 1. The lowest BCUT2D eigenvalue weighted by Crippen LogP contribution is -2.49. The molecule has 1 amide bonds. The Morgan fingerprint density at radius 3 is 2.33 bits per heavy atom. The number of nitrogen functional groups attached to an aromatic ring is 1. The average Bonchev–Trinajstić information content (AvgIpc) is 3.74. The molecule has 0 unspecified atom stereocenters. The zero-order valence-electron chi connectivity index (χ0n) is 23.1. The molecule has 1 aliphatic heterocycles. The number of anilines is 1. The predicted molar refractivity (Wildman–Crippen MR) is 157 cm³/mol. The largest absolute Gasteiger partial charge is 0.431 e. The molecular weight excluding hydrogens is 518 g/mol. The zero-order valence-corrected chi connectivity index (χ0v) is 24.0. The van der Waals surface area contributed by atoms with Gasteiger partial charge >= 0.3 is 6.11 Å². The van der Waals surface area contributed by atoms with E-state index in [0.29, 0.717) is 25.6 Å². The van der Waals surface area contributed by atoms with Crippen LogP contribution in [-0.4, -0.2) is 59.5 Å². The SMILES string of the molecule is CC(F)(F)Oc1cc(C(=O)N2CCN(CC3CC3)CC2)ccc1N.CCCC.Sc1cccc2cccnc12. The first-order valence-electron chi connectivity index (χ1n) is 13.6. The molecule has 5 rings (SSSR count). The summed E-state index contributed by atoms with van der Waals surface area (Å²) in [5.74, 6) is 0.492. The Kier molecular flexibility index (Phi) is 11.4. The molecule has 2 heterocycles. The van der Waals surface area contributed by atoms with E-state index in [1.165, 1.54) is 37.8 Å². The molecular formula is C30H40F2N4O2S. The number of nitrogens with two attached hydrogens (primary N) is 1. The molecule has 2 N–H and O–H groups in total. The number of nitrogens with zero attached hydrogens (tertiary/aromatic N) is 3. The topological polar surface area (TPSA) is 71.7 Å². The molecule has 2 aliphatic rings.